The van der Waals surface area contributed by atoms with Gasteiger partial charge in [-0.25, -0.2) is 4.98 Å². The van der Waals surface area contributed by atoms with Crippen LogP contribution in [0, 0.1) is 28.6 Å². The van der Waals surface area contributed by atoms with Gasteiger partial charge in [0, 0.05) is 6.20 Å². The molecule has 0 aromatic carbocycles. The predicted octanol–water partition coefficient (Wildman–Crippen LogP) is 5.65. The molecule has 3 nitrogen and oxygen atoms in total. The Balaban J connectivity index is 1.36. The van der Waals surface area contributed by atoms with E-state index in [-0.39, 0.29) is 11.5 Å². The molecule has 4 aliphatic rings. The van der Waals surface area contributed by atoms with Gasteiger partial charge in [-0.3, -0.25) is 0 Å². The van der Waals surface area contributed by atoms with Gasteiger partial charge in [0.25, 0.3) is 0 Å². The normalized spacial score (nSPS) is 41.3. The fourth-order valence-corrected chi connectivity index (χ4v) is 7.74. The first-order chi connectivity index (χ1) is 14.0. The van der Waals surface area contributed by atoms with Crippen LogP contribution < -0.4 is 0 Å². The Morgan fingerprint density at radius 3 is 2.79 bits per heavy atom. The molecule has 152 valence electrons. The zero-order valence-corrected chi connectivity index (χ0v) is 17.6. The van der Waals surface area contributed by atoms with Crippen molar-refractivity contribution >= 4 is 11.2 Å². The zero-order chi connectivity index (χ0) is 19.8. The Hall–Kier alpha value is -1.87. The Morgan fingerprint density at radius 1 is 1.03 bits per heavy atom. The highest BCUT2D eigenvalue weighted by Crippen LogP contribution is 2.66. The molecule has 0 spiro atoms. The molecule has 6 atom stereocenters. The number of allylic oxidation sites excluding steroid dienone is 3. The molecule has 29 heavy (non-hydrogen) atoms. The highest BCUT2D eigenvalue weighted by Gasteiger charge is 2.57. The van der Waals surface area contributed by atoms with Crippen LogP contribution in [0.1, 0.15) is 64.5 Å². The quantitative estimate of drug-likeness (QED) is 0.641. The Bertz CT molecular complexity index is 1030. The van der Waals surface area contributed by atoms with E-state index in [1.807, 2.05) is 0 Å². The largest absolute Gasteiger partial charge is 0.393 e. The van der Waals surface area contributed by atoms with Gasteiger partial charge in [-0.1, -0.05) is 37.6 Å². The van der Waals surface area contributed by atoms with E-state index in [0.717, 1.165) is 42.7 Å². The van der Waals surface area contributed by atoms with Crippen molar-refractivity contribution in [2.75, 3.05) is 0 Å². The molecule has 2 heterocycles. The summed E-state index contributed by atoms with van der Waals surface area (Å²) in [5, 5.41) is 10.2. The third-order valence-corrected chi connectivity index (χ3v) is 9.35. The van der Waals surface area contributed by atoms with Crippen LogP contribution in [0.25, 0.3) is 11.2 Å². The third kappa shape index (κ3) is 2.37. The van der Waals surface area contributed by atoms with Gasteiger partial charge in [0.1, 0.15) is 5.65 Å². The van der Waals surface area contributed by atoms with Gasteiger partial charge in [-0.05, 0) is 91.2 Å². The van der Waals surface area contributed by atoms with Crippen molar-refractivity contribution in [1.82, 2.24) is 9.38 Å². The molecule has 2 saturated carbocycles. The van der Waals surface area contributed by atoms with Gasteiger partial charge in [-0.15, -0.1) is 0 Å². The molecule has 0 aliphatic heterocycles. The third-order valence-electron chi connectivity index (χ3n) is 9.35. The lowest BCUT2D eigenvalue weighted by atomic mass is 9.47. The average molecular weight is 389 g/mol. The zero-order valence-electron chi connectivity index (χ0n) is 17.6. The predicted molar refractivity (Wildman–Crippen MR) is 116 cm³/mol. The van der Waals surface area contributed by atoms with E-state index >= 15 is 0 Å². The summed E-state index contributed by atoms with van der Waals surface area (Å²) in [5.74, 6) is 2.28. The van der Waals surface area contributed by atoms with Crippen LogP contribution in [-0.2, 0) is 0 Å². The topological polar surface area (TPSA) is 37.5 Å². The summed E-state index contributed by atoms with van der Waals surface area (Å²) in [4.78, 5) is 4.67. The highest BCUT2D eigenvalue weighted by atomic mass is 16.3. The van der Waals surface area contributed by atoms with Crippen LogP contribution in [0.3, 0.4) is 0 Å². The van der Waals surface area contributed by atoms with Crippen molar-refractivity contribution < 1.29 is 5.11 Å². The Morgan fingerprint density at radius 2 is 1.90 bits per heavy atom. The molecule has 3 heteroatoms. The molecule has 4 aliphatic carbocycles. The van der Waals surface area contributed by atoms with Crippen molar-refractivity contribution in [3.05, 3.63) is 54.0 Å². The van der Waals surface area contributed by atoms with Crippen LogP contribution in [0.2, 0.25) is 0 Å². The molecule has 2 fully saturated rings. The van der Waals surface area contributed by atoms with E-state index < -0.39 is 0 Å². The van der Waals surface area contributed by atoms with Crippen LogP contribution >= 0.6 is 0 Å². The Labute approximate surface area is 173 Å². The SMILES string of the molecule is CC12CCC(O)CC1=CCC1C2CCC2(C)C(c3cnc4ccccn34)=CCC12. The molecular formula is C26H32N2O. The first kappa shape index (κ1) is 17.9. The molecule has 0 saturated heterocycles. The Kier molecular flexibility index (Phi) is 3.76. The van der Waals surface area contributed by atoms with Crippen LogP contribution in [0.4, 0.5) is 0 Å². The van der Waals surface area contributed by atoms with Crippen molar-refractivity contribution in [3.63, 3.8) is 0 Å². The van der Waals surface area contributed by atoms with Gasteiger partial charge in [0.2, 0.25) is 0 Å². The van der Waals surface area contributed by atoms with E-state index in [4.69, 9.17) is 0 Å². The van der Waals surface area contributed by atoms with Crippen LogP contribution in [-0.4, -0.2) is 20.6 Å². The molecule has 6 rings (SSSR count). The molecule has 1 N–H and O–H groups in total. The molecule has 0 radical (unpaired) electrons. The monoisotopic (exact) mass is 388 g/mol. The fourth-order valence-electron chi connectivity index (χ4n) is 7.74. The minimum Gasteiger partial charge on any atom is -0.393 e. The standard InChI is InChI=1S/C26H32N2O/c1-25-12-10-18(29)15-17(25)6-7-19-20-8-9-22(26(20,2)13-11-21(19)25)23-16-27-24-5-3-4-14-28(23)24/h3-6,9,14,16,18-21,29H,7-8,10-13,15H2,1-2H3. The van der Waals surface area contributed by atoms with Gasteiger partial charge in [0.05, 0.1) is 18.0 Å². The van der Waals surface area contributed by atoms with Crippen LogP contribution in [0.5, 0.6) is 0 Å². The summed E-state index contributed by atoms with van der Waals surface area (Å²) in [6.45, 7) is 5.04. The number of rotatable bonds is 1. The van der Waals surface area contributed by atoms with E-state index in [9.17, 15) is 5.11 Å². The fraction of sp³-hybridized carbons (Fsp3) is 0.577. The molecule has 6 unspecified atom stereocenters. The second-order valence-corrected chi connectivity index (χ2v) is 10.5. The van der Waals surface area contributed by atoms with Gasteiger partial charge < -0.3 is 9.51 Å². The van der Waals surface area contributed by atoms with Crippen molar-refractivity contribution in [2.45, 2.75) is 64.9 Å². The van der Waals surface area contributed by atoms with Gasteiger partial charge in [0.15, 0.2) is 0 Å². The van der Waals surface area contributed by atoms with Crippen molar-refractivity contribution in [2.24, 2.45) is 28.6 Å². The lowest BCUT2D eigenvalue weighted by molar-refractivity contribution is -0.0238. The van der Waals surface area contributed by atoms with E-state index in [2.05, 4.69) is 66.0 Å². The maximum atomic E-state index is 10.2. The van der Waals surface area contributed by atoms with E-state index in [0.29, 0.717) is 5.41 Å². The summed E-state index contributed by atoms with van der Waals surface area (Å²) in [6.07, 6.45) is 17.2. The number of pyridine rings is 1. The summed E-state index contributed by atoms with van der Waals surface area (Å²) < 4.78 is 2.27. The highest BCUT2D eigenvalue weighted by molar-refractivity contribution is 5.72. The lowest BCUT2D eigenvalue weighted by Gasteiger charge is -2.57. The van der Waals surface area contributed by atoms with E-state index in [1.54, 1.807) is 5.57 Å². The maximum Gasteiger partial charge on any atom is 0.137 e. The minimum absolute atomic E-state index is 0.116. The first-order valence-corrected chi connectivity index (χ1v) is 11.5. The number of imidazole rings is 1. The number of fused-ring (bicyclic) bond motifs is 6. The molecule has 2 aromatic heterocycles. The molecular weight excluding hydrogens is 356 g/mol. The van der Waals surface area contributed by atoms with Gasteiger partial charge >= 0.3 is 0 Å². The number of aliphatic hydroxyl groups is 1. The second-order valence-electron chi connectivity index (χ2n) is 10.5. The summed E-state index contributed by atoms with van der Waals surface area (Å²) in [7, 11) is 0. The number of aliphatic hydroxyl groups excluding tert-OH is 1. The van der Waals surface area contributed by atoms with Crippen LogP contribution in [0.15, 0.2) is 48.3 Å². The summed E-state index contributed by atoms with van der Waals surface area (Å²) >= 11 is 0. The number of nitrogens with zero attached hydrogens (tertiary/aromatic N) is 2. The number of hydrogen-bond donors (Lipinski definition) is 1. The lowest BCUT2D eigenvalue weighted by Crippen LogP contribution is -2.49. The smallest absolute Gasteiger partial charge is 0.137 e. The van der Waals surface area contributed by atoms with Gasteiger partial charge in [-0.2, -0.15) is 0 Å². The second kappa shape index (κ2) is 6.07. The number of hydrogen-bond acceptors (Lipinski definition) is 2. The molecule has 0 bridgehead atoms. The summed E-state index contributed by atoms with van der Waals surface area (Å²) in [6, 6.07) is 6.27. The minimum atomic E-state index is -0.116. The molecule has 0 amide bonds. The summed E-state index contributed by atoms with van der Waals surface area (Å²) in [5.41, 5.74) is 6.00. The maximum absolute atomic E-state index is 10.2. The van der Waals surface area contributed by atoms with E-state index in [1.165, 1.54) is 37.0 Å². The first-order valence-electron chi connectivity index (χ1n) is 11.5. The average Bonchev–Trinajstić information content (AvgIpc) is 3.29. The van der Waals surface area contributed by atoms with Crippen molar-refractivity contribution in [1.29, 1.82) is 0 Å². The van der Waals surface area contributed by atoms with Crippen molar-refractivity contribution in [3.8, 4) is 0 Å². The number of aromatic nitrogens is 2. The molecule has 2 aromatic rings.